The number of benzene rings is 1. The number of carbonyl (C=O) groups excluding carboxylic acids is 2. The molecule has 2 amide bonds. The molecule has 0 bridgehead atoms. The van der Waals surface area contributed by atoms with Gasteiger partial charge in [0.15, 0.2) is 5.13 Å². The molecular formula is C20H17FN4O2S. The van der Waals surface area contributed by atoms with Crippen LogP contribution in [-0.4, -0.2) is 21.8 Å². The molecule has 0 aliphatic carbocycles. The van der Waals surface area contributed by atoms with E-state index in [4.69, 9.17) is 0 Å². The zero-order valence-corrected chi connectivity index (χ0v) is 16.0. The zero-order valence-electron chi connectivity index (χ0n) is 15.2. The Morgan fingerprint density at radius 3 is 2.75 bits per heavy atom. The van der Waals surface area contributed by atoms with Gasteiger partial charge in [-0.15, -0.1) is 11.3 Å². The van der Waals surface area contributed by atoms with E-state index >= 15 is 0 Å². The van der Waals surface area contributed by atoms with Crippen LogP contribution in [0.5, 0.6) is 0 Å². The third kappa shape index (κ3) is 4.47. The fourth-order valence-corrected chi connectivity index (χ4v) is 3.27. The second-order valence-electron chi connectivity index (χ2n) is 5.87. The third-order valence-electron chi connectivity index (χ3n) is 3.81. The number of anilines is 3. The molecule has 2 heterocycles. The third-order valence-corrected chi connectivity index (χ3v) is 4.66. The number of para-hydroxylation sites is 1. The maximum Gasteiger partial charge on any atom is 0.248 e. The van der Waals surface area contributed by atoms with Crippen molar-refractivity contribution < 1.29 is 14.0 Å². The standard InChI is InChI=1S/C20H17FN4O2S/c1-13-9-10-22-11-17(13)24-19(27)8-7-15-12-28-20(23-15)25(14(2)26)18-6-4-3-5-16(18)21/h3-12H,1-2H3,(H,24,27)/b8-7+. The molecule has 3 aromatic rings. The summed E-state index contributed by atoms with van der Waals surface area (Å²) in [6.45, 7) is 3.21. The number of amides is 2. The van der Waals surface area contributed by atoms with Crippen LogP contribution in [0.4, 0.5) is 20.9 Å². The average Bonchev–Trinajstić information content (AvgIpc) is 3.12. The minimum absolute atomic E-state index is 0.129. The van der Waals surface area contributed by atoms with Crippen molar-refractivity contribution in [2.24, 2.45) is 0 Å². The van der Waals surface area contributed by atoms with Gasteiger partial charge in [0, 0.05) is 24.6 Å². The quantitative estimate of drug-likeness (QED) is 0.652. The van der Waals surface area contributed by atoms with Crippen LogP contribution in [0.3, 0.4) is 0 Å². The minimum atomic E-state index is -0.517. The van der Waals surface area contributed by atoms with E-state index in [1.807, 2.05) is 6.92 Å². The molecule has 142 valence electrons. The first-order chi connectivity index (χ1) is 13.5. The van der Waals surface area contributed by atoms with Crippen molar-refractivity contribution in [3.8, 4) is 0 Å². The lowest BCUT2D eigenvalue weighted by Gasteiger charge is -2.18. The predicted octanol–water partition coefficient (Wildman–Crippen LogP) is 4.32. The van der Waals surface area contributed by atoms with Crippen LogP contribution in [0, 0.1) is 12.7 Å². The van der Waals surface area contributed by atoms with Crippen LogP contribution in [-0.2, 0) is 9.59 Å². The summed E-state index contributed by atoms with van der Waals surface area (Å²) in [5.74, 6) is -1.21. The molecule has 2 aromatic heterocycles. The van der Waals surface area contributed by atoms with E-state index in [0.717, 1.165) is 5.56 Å². The summed E-state index contributed by atoms with van der Waals surface area (Å²) in [6.07, 6.45) is 6.09. The number of hydrogen-bond donors (Lipinski definition) is 1. The summed E-state index contributed by atoms with van der Waals surface area (Å²) in [6, 6.07) is 7.79. The topological polar surface area (TPSA) is 75.2 Å². The first kappa shape index (κ1) is 19.4. The molecule has 3 rings (SSSR count). The van der Waals surface area contributed by atoms with Gasteiger partial charge in [-0.05, 0) is 36.8 Å². The molecule has 0 aliphatic rings. The maximum absolute atomic E-state index is 14.1. The van der Waals surface area contributed by atoms with Gasteiger partial charge < -0.3 is 5.32 Å². The Labute approximate surface area is 165 Å². The Morgan fingerprint density at radius 2 is 2.04 bits per heavy atom. The number of halogens is 1. The van der Waals surface area contributed by atoms with E-state index in [1.165, 1.54) is 47.4 Å². The molecule has 6 nitrogen and oxygen atoms in total. The summed E-state index contributed by atoms with van der Waals surface area (Å²) in [4.78, 5) is 33.6. The Morgan fingerprint density at radius 1 is 1.25 bits per heavy atom. The minimum Gasteiger partial charge on any atom is -0.321 e. The lowest BCUT2D eigenvalue weighted by molar-refractivity contribution is -0.116. The number of aromatic nitrogens is 2. The summed E-state index contributed by atoms with van der Waals surface area (Å²) in [5.41, 5.74) is 2.14. The van der Waals surface area contributed by atoms with Gasteiger partial charge in [-0.2, -0.15) is 0 Å². The Bertz CT molecular complexity index is 1050. The molecule has 0 aliphatic heterocycles. The van der Waals surface area contributed by atoms with Crippen LogP contribution >= 0.6 is 11.3 Å². The van der Waals surface area contributed by atoms with Gasteiger partial charge in [-0.3, -0.25) is 19.5 Å². The molecule has 1 N–H and O–H groups in total. The summed E-state index contributed by atoms with van der Waals surface area (Å²) < 4.78 is 14.1. The second-order valence-corrected chi connectivity index (χ2v) is 6.71. The van der Waals surface area contributed by atoms with E-state index in [-0.39, 0.29) is 17.5 Å². The summed E-state index contributed by atoms with van der Waals surface area (Å²) >= 11 is 1.18. The number of pyridine rings is 1. The molecule has 0 saturated carbocycles. The number of aryl methyl sites for hydroxylation is 1. The van der Waals surface area contributed by atoms with E-state index in [0.29, 0.717) is 16.5 Å². The molecule has 0 saturated heterocycles. The highest BCUT2D eigenvalue weighted by molar-refractivity contribution is 7.14. The molecule has 0 fully saturated rings. The number of rotatable bonds is 5. The molecule has 28 heavy (non-hydrogen) atoms. The highest BCUT2D eigenvalue weighted by Gasteiger charge is 2.20. The Kier molecular flexibility index (Phi) is 5.90. The number of thiazole rings is 1. The average molecular weight is 396 g/mol. The van der Waals surface area contributed by atoms with Gasteiger partial charge >= 0.3 is 0 Å². The molecule has 0 unspecified atom stereocenters. The molecule has 0 atom stereocenters. The smallest absolute Gasteiger partial charge is 0.248 e. The van der Waals surface area contributed by atoms with Crippen LogP contribution in [0.2, 0.25) is 0 Å². The SMILES string of the molecule is CC(=O)N(c1nc(/C=C/C(=O)Nc2cnccc2C)cs1)c1ccccc1F. The van der Waals surface area contributed by atoms with Crippen molar-refractivity contribution in [1.82, 2.24) is 9.97 Å². The van der Waals surface area contributed by atoms with Crippen molar-refractivity contribution in [3.63, 3.8) is 0 Å². The number of carbonyl (C=O) groups is 2. The van der Waals surface area contributed by atoms with E-state index in [9.17, 15) is 14.0 Å². The van der Waals surface area contributed by atoms with Gasteiger partial charge in [0.2, 0.25) is 11.8 Å². The predicted molar refractivity (Wildman–Crippen MR) is 108 cm³/mol. The van der Waals surface area contributed by atoms with E-state index in [1.54, 1.807) is 36.0 Å². The number of nitrogens with zero attached hydrogens (tertiary/aromatic N) is 3. The van der Waals surface area contributed by atoms with E-state index in [2.05, 4.69) is 15.3 Å². The molecule has 8 heteroatoms. The summed E-state index contributed by atoms with van der Waals surface area (Å²) in [7, 11) is 0. The van der Waals surface area contributed by atoms with Crippen molar-refractivity contribution in [1.29, 1.82) is 0 Å². The van der Waals surface area contributed by atoms with Crippen LogP contribution < -0.4 is 10.2 Å². The van der Waals surface area contributed by atoms with Crippen LogP contribution in [0.15, 0.2) is 54.2 Å². The van der Waals surface area contributed by atoms with Crippen molar-refractivity contribution in [2.45, 2.75) is 13.8 Å². The lowest BCUT2D eigenvalue weighted by Crippen LogP contribution is -2.23. The largest absolute Gasteiger partial charge is 0.321 e. The van der Waals surface area contributed by atoms with E-state index < -0.39 is 5.82 Å². The lowest BCUT2D eigenvalue weighted by atomic mass is 10.2. The summed E-state index contributed by atoms with van der Waals surface area (Å²) in [5, 5.41) is 4.74. The monoisotopic (exact) mass is 396 g/mol. The van der Waals surface area contributed by atoms with Gasteiger partial charge in [-0.25, -0.2) is 9.37 Å². The normalized spacial score (nSPS) is 10.8. The second kappa shape index (κ2) is 8.53. The molecule has 1 aromatic carbocycles. The highest BCUT2D eigenvalue weighted by atomic mass is 32.1. The number of hydrogen-bond acceptors (Lipinski definition) is 5. The van der Waals surface area contributed by atoms with Gasteiger partial charge in [0.05, 0.1) is 23.3 Å². The Hall–Kier alpha value is -3.39. The maximum atomic E-state index is 14.1. The van der Waals surface area contributed by atoms with Gasteiger partial charge in [-0.1, -0.05) is 12.1 Å². The first-order valence-electron chi connectivity index (χ1n) is 8.36. The number of nitrogens with one attached hydrogen (secondary N) is 1. The molecular weight excluding hydrogens is 379 g/mol. The highest BCUT2D eigenvalue weighted by Crippen LogP contribution is 2.30. The van der Waals surface area contributed by atoms with Gasteiger partial charge in [0.25, 0.3) is 0 Å². The van der Waals surface area contributed by atoms with Crippen molar-refractivity contribution >= 4 is 45.7 Å². The fraction of sp³-hybridized carbons (Fsp3) is 0.100. The van der Waals surface area contributed by atoms with Crippen molar-refractivity contribution in [2.75, 3.05) is 10.2 Å². The van der Waals surface area contributed by atoms with Crippen molar-refractivity contribution in [3.05, 3.63) is 71.3 Å². The first-order valence-corrected chi connectivity index (χ1v) is 9.24. The van der Waals surface area contributed by atoms with Gasteiger partial charge in [0.1, 0.15) is 5.82 Å². The Balaban J connectivity index is 1.76. The fourth-order valence-electron chi connectivity index (χ4n) is 2.43. The molecule has 0 radical (unpaired) electrons. The van der Waals surface area contributed by atoms with Crippen LogP contribution in [0.25, 0.3) is 6.08 Å². The zero-order chi connectivity index (χ0) is 20.1. The van der Waals surface area contributed by atoms with Crippen LogP contribution in [0.1, 0.15) is 18.2 Å². The molecule has 0 spiro atoms.